The second kappa shape index (κ2) is 5.53. The van der Waals surface area contributed by atoms with Crippen LogP contribution in [0.1, 0.15) is 25.0 Å². The van der Waals surface area contributed by atoms with E-state index in [9.17, 15) is 0 Å². The third-order valence-corrected chi connectivity index (χ3v) is 4.04. The summed E-state index contributed by atoms with van der Waals surface area (Å²) in [5.74, 6) is 0. The Labute approximate surface area is 126 Å². The van der Waals surface area contributed by atoms with Crippen LogP contribution >= 0.6 is 0 Å². The molecule has 104 valence electrons. The summed E-state index contributed by atoms with van der Waals surface area (Å²) >= 11 is 0. The van der Waals surface area contributed by atoms with Gasteiger partial charge in [0.15, 0.2) is 0 Å². The van der Waals surface area contributed by atoms with Crippen LogP contribution in [0, 0.1) is 0 Å². The lowest BCUT2D eigenvalue weighted by Crippen LogP contribution is -2.20. The zero-order valence-corrected chi connectivity index (χ0v) is 12.5. The Bertz CT molecular complexity index is 715. The van der Waals surface area contributed by atoms with Crippen LogP contribution in [0.5, 0.6) is 0 Å². The summed E-state index contributed by atoms with van der Waals surface area (Å²) in [6.07, 6.45) is 1.85. The van der Waals surface area contributed by atoms with Gasteiger partial charge in [-0.05, 0) is 23.3 Å². The molecule has 3 aromatic rings. The molecule has 0 atom stereocenters. The summed E-state index contributed by atoms with van der Waals surface area (Å²) in [4.78, 5) is 4.52. The number of hydrogen-bond donors (Lipinski definition) is 0. The molecule has 0 N–H and O–H groups in total. The van der Waals surface area contributed by atoms with Gasteiger partial charge in [-0.15, -0.1) is 0 Å². The number of nitrogens with zero attached hydrogens (tertiary/aromatic N) is 1. The predicted octanol–water partition coefficient (Wildman–Crippen LogP) is 5.07. The van der Waals surface area contributed by atoms with Gasteiger partial charge in [-0.1, -0.05) is 74.5 Å². The van der Waals surface area contributed by atoms with E-state index in [0.717, 1.165) is 5.69 Å². The van der Waals surface area contributed by atoms with Crippen LogP contribution in [0.4, 0.5) is 0 Å². The lowest BCUT2D eigenvalue weighted by Gasteiger charge is -2.28. The highest BCUT2D eigenvalue weighted by Gasteiger charge is 2.25. The largest absolute Gasteiger partial charge is 0.256 e. The minimum atomic E-state index is -0.0601. The van der Waals surface area contributed by atoms with Crippen LogP contribution in [0.15, 0.2) is 79.0 Å². The molecule has 0 saturated carbocycles. The first-order valence-electron chi connectivity index (χ1n) is 7.26. The fourth-order valence-electron chi connectivity index (χ4n) is 2.78. The molecule has 21 heavy (non-hydrogen) atoms. The lowest BCUT2D eigenvalue weighted by atomic mass is 9.75. The first-order chi connectivity index (χ1) is 10.2. The number of aromatic nitrogens is 1. The SMILES string of the molecule is CC(C)(c1ccccc1)c1ccccc1-c1ccccn1. The average Bonchev–Trinajstić information content (AvgIpc) is 2.56. The minimum absolute atomic E-state index is 0.0601. The van der Waals surface area contributed by atoms with E-state index in [0.29, 0.717) is 0 Å². The average molecular weight is 273 g/mol. The molecule has 0 aliphatic rings. The quantitative estimate of drug-likeness (QED) is 0.649. The standard InChI is InChI=1S/C20H19N/c1-20(2,16-10-4-3-5-11-16)18-13-7-6-12-17(18)19-14-8-9-15-21-19/h3-15H,1-2H3. The van der Waals surface area contributed by atoms with Crippen molar-refractivity contribution in [1.82, 2.24) is 4.98 Å². The van der Waals surface area contributed by atoms with Crippen LogP contribution in [-0.2, 0) is 5.41 Å². The zero-order chi connectivity index (χ0) is 14.7. The van der Waals surface area contributed by atoms with Gasteiger partial charge in [-0.25, -0.2) is 0 Å². The number of hydrogen-bond acceptors (Lipinski definition) is 1. The van der Waals surface area contributed by atoms with Crippen LogP contribution in [0.3, 0.4) is 0 Å². The predicted molar refractivity (Wildman–Crippen MR) is 88.2 cm³/mol. The molecule has 0 unspecified atom stereocenters. The first kappa shape index (κ1) is 13.6. The maximum Gasteiger partial charge on any atom is 0.0705 e. The molecule has 3 rings (SSSR count). The van der Waals surface area contributed by atoms with Crippen LogP contribution in [0.2, 0.25) is 0 Å². The van der Waals surface area contributed by atoms with Crippen molar-refractivity contribution in [2.45, 2.75) is 19.3 Å². The molecule has 0 saturated heterocycles. The molecular formula is C20H19N. The van der Waals surface area contributed by atoms with Crippen molar-refractivity contribution in [1.29, 1.82) is 0 Å². The molecular weight excluding hydrogens is 254 g/mol. The van der Waals surface area contributed by atoms with Crippen molar-refractivity contribution in [3.05, 3.63) is 90.1 Å². The second-order valence-electron chi connectivity index (χ2n) is 5.75. The van der Waals surface area contributed by atoms with Gasteiger partial charge in [0.1, 0.15) is 0 Å². The van der Waals surface area contributed by atoms with Gasteiger partial charge < -0.3 is 0 Å². The third kappa shape index (κ3) is 2.59. The van der Waals surface area contributed by atoms with Gasteiger partial charge in [-0.2, -0.15) is 0 Å². The van der Waals surface area contributed by atoms with Crippen molar-refractivity contribution in [2.75, 3.05) is 0 Å². The Morgan fingerprint density at radius 2 is 1.38 bits per heavy atom. The van der Waals surface area contributed by atoms with Crippen LogP contribution < -0.4 is 0 Å². The first-order valence-corrected chi connectivity index (χ1v) is 7.26. The molecule has 1 heterocycles. The highest BCUT2D eigenvalue weighted by atomic mass is 14.7. The Balaban J connectivity index is 2.16. The summed E-state index contributed by atoms with van der Waals surface area (Å²) in [5, 5.41) is 0. The maximum absolute atomic E-state index is 4.52. The van der Waals surface area contributed by atoms with E-state index in [1.54, 1.807) is 0 Å². The third-order valence-electron chi connectivity index (χ3n) is 4.04. The van der Waals surface area contributed by atoms with E-state index in [-0.39, 0.29) is 5.41 Å². The smallest absolute Gasteiger partial charge is 0.0705 e. The second-order valence-corrected chi connectivity index (χ2v) is 5.75. The van der Waals surface area contributed by atoms with Crippen molar-refractivity contribution < 1.29 is 0 Å². The van der Waals surface area contributed by atoms with Gasteiger partial charge in [0.2, 0.25) is 0 Å². The monoisotopic (exact) mass is 273 g/mol. The summed E-state index contributed by atoms with van der Waals surface area (Å²) in [7, 11) is 0. The van der Waals surface area contributed by atoms with Crippen LogP contribution in [-0.4, -0.2) is 4.98 Å². The van der Waals surface area contributed by atoms with E-state index in [1.165, 1.54) is 16.7 Å². The Morgan fingerprint density at radius 3 is 2.10 bits per heavy atom. The maximum atomic E-state index is 4.52. The van der Waals surface area contributed by atoms with E-state index >= 15 is 0 Å². The van der Waals surface area contributed by atoms with E-state index in [2.05, 4.69) is 79.5 Å². The van der Waals surface area contributed by atoms with Gasteiger partial charge in [0.05, 0.1) is 5.69 Å². The molecule has 0 fully saturated rings. The topological polar surface area (TPSA) is 12.9 Å². The normalized spacial score (nSPS) is 11.3. The van der Waals surface area contributed by atoms with Crippen molar-refractivity contribution >= 4 is 0 Å². The molecule has 0 spiro atoms. The van der Waals surface area contributed by atoms with Crippen molar-refractivity contribution in [2.24, 2.45) is 0 Å². The Morgan fingerprint density at radius 1 is 0.714 bits per heavy atom. The zero-order valence-electron chi connectivity index (χ0n) is 12.5. The van der Waals surface area contributed by atoms with E-state index in [4.69, 9.17) is 0 Å². The summed E-state index contributed by atoms with van der Waals surface area (Å²) in [6, 6.07) is 25.2. The van der Waals surface area contributed by atoms with E-state index < -0.39 is 0 Å². The molecule has 0 aliphatic heterocycles. The van der Waals surface area contributed by atoms with Gasteiger partial charge in [0.25, 0.3) is 0 Å². The number of benzene rings is 2. The number of rotatable bonds is 3. The van der Waals surface area contributed by atoms with Crippen molar-refractivity contribution in [3.63, 3.8) is 0 Å². The summed E-state index contributed by atoms with van der Waals surface area (Å²) in [5.41, 5.74) is 4.78. The highest BCUT2D eigenvalue weighted by Crippen LogP contribution is 2.37. The molecule has 0 aliphatic carbocycles. The summed E-state index contributed by atoms with van der Waals surface area (Å²) < 4.78 is 0. The molecule has 1 aromatic heterocycles. The molecule has 0 bridgehead atoms. The van der Waals surface area contributed by atoms with Crippen LogP contribution in [0.25, 0.3) is 11.3 Å². The highest BCUT2D eigenvalue weighted by molar-refractivity contribution is 5.66. The summed E-state index contributed by atoms with van der Waals surface area (Å²) in [6.45, 7) is 4.54. The minimum Gasteiger partial charge on any atom is -0.256 e. The van der Waals surface area contributed by atoms with Gasteiger partial charge >= 0.3 is 0 Å². The Kier molecular flexibility index (Phi) is 3.57. The van der Waals surface area contributed by atoms with Gasteiger partial charge in [-0.3, -0.25) is 4.98 Å². The Hall–Kier alpha value is -2.41. The number of pyridine rings is 1. The lowest BCUT2D eigenvalue weighted by molar-refractivity contribution is 0.642. The molecule has 0 amide bonds. The fourth-order valence-corrected chi connectivity index (χ4v) is 2.78. The molecule has 1 nitrogen and oxygen atoms in total. The van der Waals surface area contributed by atoms with Gasteiger partial charge in [0, 0.05) is 17.2 Å². The molecule has 1 heteroatoms. The molecule has 2 aromatic carbocycles. The molecule has 0 radical (unpaired) electrons. The van der Waals surface area contributed by atoms with E-state index in [1.807, 2.05) is 18.3 Å². The van der Waals surface area contributed by atoms with Crippen molar-refractivity contribution in [3.8, 4) is 11.3 Å². The fraction of sp³-hybridized carbons (Fsp3) is 0.150.